The Labute approximate surface area is 205 Å². The highest BCUT2D eigenvalue weighted by molar-refractivity contribution is 5.82. The van der Waals surface area contributed by atoms with Gasteiger partial charge in [-0.15, -0.1) is 0 Å². The Hall–Kier alpha value is -4.36. The van der Waals surface area contributed by atoms with Gasteiger partial charge in [-0.25, -0.2) is 15.0 Å². The minimum absolute atomic E-state index is 0.450. The van der Waals surface area contributed by atoms with E-state index in [2.05, 4.69) is 39.6 Å². The van der Waals surface area contributed by atoms with Crippen molar-refractivity contribution in [2.24, 2.45) is 0 Å². The van der Waals surface area contributed by atoms with E-state index in [9.17, 15) is 4.79 Å². The van der Waals surface area contributed by atoms with Crippen LogP contribution in [-0.2, 0) is 6.54 Å². The maximum Gasteiger partial charge on any atom is 0.164 e. The van der Waals surface area contributed by atoms with Crippen molar-refractivity contribution in [3.05, 3.63) is 102 Å². The van der Waals surface area contributed by atoms with E-state index < -0.39 is 0 Å². The van der Waals surface area contributed by atoms with Gasteiger partial charge >= 0.3 is 0 Å². The molecule has 178 valence electrons. The Bertz CT molecular complexity index is 1350. The lowest BCUT2D eigenvalue weighted by molar-refractivity contribution is 0.112. The molecule has 3 N–H and O–H groups in total. The van der Waals surface area contributed by atoms with Gasteiger partial charge in [-0.1, -0.05) is 56.3 Å². The molecule has 0 aliphatic rings. The Morgan fingerprint density at radius 2 is 1.57 bits per heavy atom. The minimum Gasteiger partial charge on any atom is -0.383 e. The summed E-state index contributed by atoms with van der Waals surface area (Å²) >= 11 is 0. The number of imidazole rings is 1. The monoisotopic (exact) mass is 466 g/mol. The number of anilines is 1. The van der Waals surface area contributed by atoms with Gasteiger partial charge in [0, 0.05) is 30.2 Å². The second kappa shape index (κ2) is 12.8. The molecule has 3 aromatic heterocycles. The second-order valence-electron chi connectivity index (χ2n) is 7.28. The van der Waals surface area contributed by atoms with E-state index in [1.54, 1.807) is 24.5 Å². The average Bonchev–Trinajstić information content (AvgIpc) is 3.31. The van der Waals surface area contributed by atoms with Crippen molar-refractivity contribution < 1.29 is 4.79 Å². The van der Waals surface area contributed by atoms with Crippen LogP contribution in [0.25, 0.3) is 28.2 Å². The third kappa shape index (κ3) is 6.16. The average molecular weight is 467 g/mol. The summed E-state index contributed by atoms with van der Waals surface area (Å²) in [7, 11) is 1.94. The molecule has 35 heavy (non-hydrogen) atoms. The summed E-state index contributed by atoms with van der Waals surface area (Å²) in [5.41, 5.74) is 11.4. The van der Waals surface area contributed by atoms with Crippen LogP contribution in [0.1, 0.15) is 29.8 Å². The first-order valence-electron chi connectivity index (χ1n) is 11.5. The number of benzene rings is 2. The molecule has 0 spiro atoms. The Balaban J connectivity index is 0.000000289. The quantitative estimate of drug-likeness (QED) is 0.341. The van der Waals surface area contributed by atoms with Gasteiger partial charge in [0.15, 0.2) is 11.5 Å². The highest BCUT2D eigenvalue weighted by atomic mass is 16.1. The van der Waals surface area contributed by atoms with Crippen LogP contribution in [0.5, 0.6) is 0 Å². The number of nitrogen functional groups attached to an aromatic ring is 1. The van der Waals surface area contributed by atoms with Crippen LogP contribution in [0, 0.1) is 0 Å². The first-order chi connectivity index (χ1) is 17.2. The number of aldehydes is 1. The Kier molecular flexibility index (Phi) is 9.22. The van der Waals surface area contributed by atoms with Crippen LogP contribution in [0.15, 0.2) is 91.3 Å². The molecule has 7 heteroatoms. The molecule has 0 atom stereocenters. The van der Waals surface area contributed by atoms with Crippen molar-refractivity contribution in [3.8, 4) is 17.1 Å². The fourth-order valence-corrected chi connectivity index (χ4v) is 3.44. The number of hydrogen-bond acceptors (Lipinski definition) is 6. The highest BCUT2D eigenvalue weighted by Gasteiger charge is 2.17. The van der Waals surface area contributed by atoms with Gasteiger partial charge in [-0.05, 0) is 49.0 Å². The van der Waals surface area contributed by atoms with E-state index in [4.69, 9.17) is 10.7 Å². The molecule has 0 amide bonds. The third-order valence-corrected chi connectivity index (χ3v) is 5.01. The van der Waals surface area contributed by atoms with Crippen LogP contribution >= 0.6 is 0 Å². The van der Waals surface area contributed by atoms with Crippen molar-refractivity contribution in [2.75, 3.05) is 12.8 Å². The predicted molar refractivity (Wildman–Crippen MR) is 142 cm³/mol. The molecule has 5 rings (SSSR count). The van der Waals surface area contributed by atoms with Crippen LogP contribution in [0.2, 0.25) is 0 Å². The summed E-state index contributed by atoms with van der Waals surface area (Å²) in [5.74, 6) is 1.19. The molecule has 0 saturated carbocycles. The Morgan fingerprint density at radius 1 is 0.886 bits per heavy atom. The van der Waals surface area contributed by atoms with E-state index in [1.807, 2.05) is 67.9 Å². The molecule has 0 aliphatic carbocycles. The van der Waals surface area contributed by atoms with Gasteiger partial charge < -0.3 is 11.1 Å². The van der Waals surface area contributed by atoms with Crippen LogP contribution < -0.4 is 11.1 Å². The number of nitrogens with zero attached hydrogens (tertiary/aromatic N) is 4. The number of carbonyl (C=O) groups is 1. The lowest BCUT2D eigenvalue weighted by atomic mass is 10.2. The number of fused-ring (bicyclic) bond motifs is 1. The number of rotatable bonds is 5. The van der Waals surface area contributed by atoms with Crippen molar-refractivity contribution in [2.45, 2.75) is 20.4 Å². The largest absolute Gasteiger partial charge is 0.383 e. The second-order valence-corrected chi connectivity index (χ2v) is 7.28. The molecule has 0 bridgehead atoms. The first-order valence-corrected chi connectivity index (χ1v) is 11.5. The fraction of sp³-hybridized carbons (Fsp3) is 0.143. The number of carbonyl (C=O) groups excluding carboxylic acids is 1. The molecule has 3 heterocycles. The van der Waals surface area contributed by atoms with E-state index in [1.165, 1.54) is 5.56 Å². The number of hydrogen-bond donors (Lipinski definition) is 2. The predicted octanol–water partition coefficient (Wildman–Crippen LogP) is 5.31. The molecule has 0 unspecified atom stereocenters. The zero-order chi connectivity index (χ0) is 25.0. The van der Waals surface area contributed by atoms with Gasteiger partial charge in [0.05, 0.1) is 5.56 Å². The lowest BCUT2D eigenvalue weighted by Gasteiger charge is -2.11. The van der Waals surface area contributed by atoms with E-state index in [0.717, 1.165) is 46.6 Å². The molecule has 5 aromatic rings. The molecular weight excluding hydrogens is 436 g/mol. The van der Waals surface area contributed by atoms with Crippen molar-refractivity contribution >= 4 is 23.3 Å². The standard InChI is InChI=1S/C19H18N6.C7H6O.C2H6/c1-21-12-13-6-8-14(9-7-13)25-18(15-4-2-10-22-17(15)20)24-16-5-3-11-23-19(16)25;8-6-7-4-2-1-3-5-7;1-2/h2-11,21H,12H2,1H3,(H2,20,22);1-6H;1-2H3. The zero-order valence-electron chi connectivity index (χ0n) is 20.2. The van der Waals surface area contributed by atoms with Gasteiger partial charge in [0.25, 0.3) is 0 Å². The summed E-state index contributed by atoms with van der Waals surface area (Å²) in [5, 5.41) is 3.16. The third-order valence-electron chi connectivity index (χ3n) is 5.01. The van der Waals surface area contributed by atoms with Gasteiger partial charge in [0.2, 0.25) is 0 Å². The molecular formula is C28H30N6O. The van der Waals surface area contributed by atoms with Crippen LogP contribution in [0.3, 0.4) is 0 Å². The summed E-state index contributed by atoms with van der Waals surface area (Å²) in [6, 6.07) is 25.0. The van der Waals surface area contributed by atoms with Crippen molar-refractivity contribution in [1.29, 1.82) is 0 Å². The SMILES string of the molecule is CC.CNCc1ccc(-n2c(-c3cccnc3N)nc3cccnc32)cc1.O=Cc1ccccc1. The molecule has 7 nitrogen and oxygen atoms in total. The first kappa shape index (κ1) is 25.3. The lowest BCUT2D eigenvalue weighted by Crippen LogP contribution is -2.05. The molecule has 0 radical (unpaired) electrons. The number of pyridine rings is 2. The number of aromatic nitrogens is 4. The summed E-state index contributed by atoms with van der Waals surface area (Å²) in [6.07, 6.45) is 4.28. The minimum atomic E-state index is 0.450. The normalized spacial score (nSPS) is 10.0. The fourth-order valence-electron chi connectivity index (χ4n) is 3.44. The maximum atomic E-state index is 10.0. The van der Waals surface area contributed by atoms with Gasteiger partial charge in [-0.3, -0.25) is 9.36 Å². The summed E-state index contributed by atoms with van der Waals surface area (Å²) in [4.78, 5) is 23.5. The topological polar surface area (TPSA) is 98.7 Å². The molecule has 0 saturated heterocycles. The van der Waals surface area contributed by atoms with Crippen molar-refractivity contribution in [3.63, 3.8) is 0 Å². The summed E-state index contributed by atoms with van der Waals surface area (Å²) < 4.78 is 2.02. The van der Waals surface area contributed by atoms with E-state index in [-0.39, 0.29) is 0 Å². The van der Waals surface area contributed by atoms with E-state index in [0.29, 0.717) is 5.82 Å². The Morgan fingerprint density at radius 3 is 2.20 bits per heavy atom. The molecule has 2 aromatic carbocycles. The van der Waals surface area contributed by atoms with Crippen LogP contribution in [0.4, 0.5) is 5.82 Å². The van der Waals surface area contributed by atoms with Gasteiger partial charge in [0.1, 0.15) is 17.6 Å². The summed E-state index contributed by atoms with van der Waals surface area (Å²) in [6.45, 7) is 4.83. The zero-order valence-corrected chi connectivity index (χ0v) is 20.2. The molecule has 0 fully saturated rings. The van der Waals surface area contributed by atoms with Crippen LogP contribution in [-0.4, -0.2) is 32.9 Å². The number of nitrogens with one attached hydrogen (secondary N) is 1. The highest BCUT2D eigenvalue weighted by Crippen LogP contribution is 2.29. The molecule has 0 aliphatic heterocycles. The smallest absolute Gasteiger partial charge is 0.164 e. The number of nitrogens with two attached hydrogens (primary N) is 1. The maximum absolute atomic E-state index is 10.0. The van der Waals surface area contributed by atoms with E-state index >= 15 is 0 Å². The van der Waals surface area contributed by atoms with Crippen molar-refractivity contribution in [1.82, 2.24) is 24.8 Å². The van der Waals surface area contributed by atoms with Gasteiger partial charge in [-0.2, -0.15) is 0 Å².